The van der Waals surface area contributed by atoms with Crippen molar-refractivity contribution in [1.82, 2.24) is 0 Å². The van der Waals surface area contributed by atoms with Crippen LogP contribution in [0.2, 0.25) is 0 Å². The standard InChI is InChI=1S/C3H4O6S.2Li.2H/c1-2(4)3(5)9-10(6,7)8;;;;/h1H3,(H,6,7,8);;;;/q;2*+1;2*-1. The van der Waals surface area contributed by atoms with E-state index < -0.39 is 22.2 Å². The Labute approximate surface area is 96.3 Å². The second-order valence-electron chi connectivity index (χ2n) is 1.35. The van der Waals surface area contributed by atoms with Gasteiger partial charge in [0.15, 0.2) is 0 Å². The van der Waals surface area contributed by atoms with Gasteiger partial charge in [-0.05, 0) is 0 Å². The number of rotatable bonds is 2. The zero-order valence-electron chi connectivity index (χ0n) is 8.90. The largest absolute Gasteiger partial charge is 1.00 e. The van der Waals surface area contributed by atoms with Gasteiger partial charge in [0, 0.05) is 6.92 Å². The van der Waals surface area contributed by atoms with E-state index in [1.165, 1.54) is 0 Å². The summed E-state index contributed by atoms with van der Waals surface area (Å²) in [4.78, 5) is 20.0. The first-order chi connectivity index (χ1) is 4.33. The van der Waals surface area contributed by atoms with Crippen molar-refractivity contribution in [2.75, 3.05) is 0 Å². The molecule has 0 bridgehead atoms. The SMILES string of the molecule is CC(=O)C(=O)OS(=O)(=O)O.[H-].[H-].[Li+].[Li+]. The van der Waals surface area contributed by atoms with Gasteiger partial charge in [0.05, 0.1) is 0 Å². The molecule has 0 aliphatic rings. The molecule has 0 saturated heterocycles. The van der Waals surface area contributed by atoms with E-state index in [0.717, 1.165) is 6.92 Å². The van der Waals surface area contributed by atoms with E-state index in [2.05, 4.69) is 4.18 Å². The first-order valence-corrected chi connectivity index (χ1v) is 3.41. The Morgan fingerprint density at radius 2 is 1.67 bits per heavy atom. The second-order valence-corrected chi connectivity index (χ2v) is 2.38. The second kappa shape index (κ2) is 6.73. The summed E-state index contributed by atoms with van der Waals surface area (Å²) in [5.74, 6) is -2.71. The molecule has 0 fully saturated rings. The topological polar surface area (TPSA) is 97.7 Å². The van der Waals surface area contributed by atoms with Crippen molar-refractivity contribution in [3.8, 4) is 0 Å². The van der Waals surface area contributed by atoms with Gasteiger partial charge in [-0.25, -0.2) is 4.79 Å². The fourth-order valence-electron chi connectivity index (χ4n) is 0.154. The van der Waals surface area contributed by atoms with Gasteiger partial charge in [0.2, 0.25) is 5.78 Å². The maximum atomic E-state index is 10.0. The van der Waals surface area contributed by atoms with Crippen LogP contribution in [0.4, 0.5) is 0 Å². The summed E-state index contributed by atoms with van der Waals surface area (Å²) in [5, 5.41) is 0. The van der Waals surface area contributed by atoms with Crippen molar-refractivity contribution >= 4 is 22.2 Å². The Bertz CT molecular complexity index is 264. The van der Waals surface area contributed by atoms with Gasteiger partial charge in [0.1, 0.15) is 0 Å². The Kier molecular flexibility index (Phi) is 10.2. The summed E-state index contributed by atoms with van der Waals surface area (Å²) in [7, 11) is -4.84. The minimum atomic E-state index is -4.84. The molecule has 1 N–H and O–H groups in total. The summed E-state index contributed by atoms with van der Waals surface area (Å²) in [6.07, 6.45) is 0. The molecule has 0 aromatic rings. The molecule has 9 heteroatoms. The first-order valence-electron chi connectivity index (χ1n) is 2.04. The van der Waals surface area contributed by atoms with Crippen molar-refractivity contribution < 1.29 is 67.3 Å². The smallest absolute Gasteiger partial charge is 1.00 e. The minimum Gasteiger partial charge on any atom is -1.00 e. The normalized spacial score (nSPS) is 8.83. The third kappa shape index (κ3) is 10.2. The van der Waals surface area contributed by atoms with E-state index in [9.17, 15) is 18.0 Å². The molecular formula is C3H6Li2O6S. The Hall–Kier alpha value is 0.245. The molecule has 0 aliphatic carbocycles. The Morgan fingerprint density at radius 3 is 1.75 bits per heavy atom. The van der Waals surface area contributed by atoms with E-state index >= 15 is 0 Å². The van der Waals surface area contributed by atoms with E-state index in [4.69, 9.17) is 4.55 Å². The zero-order chi connectivity index (χ0) is 8.36. The molecule has 0 aromatic heterocycles. The van der Waals surface area contributed by atoms with Crippen molar-refractivity contribution in [1.29, 1.82) is 0 Å². The molecular weight excluding hydrogens is 178 g/mol. The molecule has 62 valence electrons. The molecule has 0 radical (unpaired) electrons. The third-order valence-electron chi connectivity index (χ3n) is 0.468. The van der Waals surface area contributed by atoms with Gasteiger partial charge in [-0.2, -0.15) is 8.42 Å². The number of hydrogen-bond donors (Lipinski definition) is 1. The van der Waals surface area contributed by atoms with Crippen LogP contribution in [0, 0.1) is 0 Å². The van der Waals surface area contributed by atoms with Crippen LogP contribution in [0.25, 0.3) is 0 Å². The molecule has 0 saturated carbocycles. The van der Waals surface area contributed by atoms with Crippen molar-refractivity contribution in [3.63, 3.8) is 0 Å². The molecule has 0 rings (SSSR count). The van der Waals surface area contributed by atoms with Crippen LogP contribution in [-0.2, 0) is 24.2 Å². The van der Waals surface area contributed by atoms with Gasteiger partial charge in [0.25, 0.3) is 0 Å². The summed E-state index contributed by atoms with van der Waals surface area (Å²) in [6, 6.07) is 0. The summed E-state index contributed by atoms with van der Waals surface area (Å²) >= 11 is 0. The molecule has 0 atom stereocenters. The quantitative estimate of drug-likeness (QED) is 0.260. The van der Waals surface area contributed by atoms with E-state index in [1.807, 2.05) is 0 Å². The third-order valence-corrected chi connectivity index (χ3v) is 0.830. The maximum Gasteiger partial charge on any atom is 1.00 e. The van der Waals surface area contributed by atoms with E-state index in [-0.39, 0.29) is 40.6 Å². The van der Waals surface area contributed by atoms with E-state index in [0.29, 0.717) is 0 Å². The fraction of sp³-hybridized carbons (Fsp3) is 0.333. The van der Waals surface area contributed by atoms with Crippen LogP contribution in [0.5, 0.6) is 0 Å². The van der Waals surface area contributed by atoms with Crippen LogP contribution in [0.15, 0.2) is 0 Å². The van der Waals surface area contributed by atoms with Crippen molar-refractivity contribution in [3.05, 3.63) is 0 Å². The number of ketones is 1. The number of carbonyl (C=O) groups excluding carboxylic acids is 2. The van der Waals surface area contributed by atoms with Crippen LogP contribution in [-0.4, -0.2) is 24.7 Å². The molecule has 0 unspecified atom stereocenters. The minimum absolute atomic E-state index is 0. The maximum absolute atomic E-state index is 10.0. The Balaban J connectivity index is -0.0000000675. The summed E-state index contributed by atoms with van der Waals surface area (Å²) in [5.41, 5.74) is 0. The van der Waals surface area contributed by atoms with Crippen LogP contribution < -0.4 is 37.7 Å². The van der Waals surface area contributed by atoms with Gasteiger partial charge in [-0.3, -0.25) is 9.35 Å². The monoisotopic (exact) mass is 184 g/mol. The zero-order valence-corrected chi connectivity index (χ0v) is 7.71. The number of carbonyl (C=O) groups is 2. The molecule has 0 aliphatic heterocycles. The summed E-state index contributed by atoms with van der Waals surface area (Å²) < 4.78 is 30.5. The average Bonchev–Trinajstić information content (AvgIpc) is 1.60. The molecule has 0 heterocycles. The van der Waals surface area contributed by atoms with Crippen LogP contribution in [0.3, 0.4) is 0 Å². The van der Waals surface area contributed by atoms with E-state index in [1.54, 1.807) is 0 Å². The summed E-state index contributed by atoms with van der Waals surface area (Å²) in [6.45, 7) is 0.813. The fourth-order valence-corrected chi connectivity index (χ4v) is 0.463. The predicted molar refractivity (Wildman–Crippen MR) is 30.5 cm³/mol. The molecule has 0 aromatic carbocycles. The predicted octanol–water partition coefficient (Wildman–Crippen LogP) is -6.85. The molecule has 12 heavy (non-hydrogen) atoms. The van der Waals surface area contributed by atoms with Gasteiger partial charge < -0.3 is 7.04 Å². The Morgan fingerprint density at radius 1 is 1.33 bits per heavy atom. The van der Waals surface area contributed by atoms with Crippen LogP contribution in [0.1, 0.15) is 9.78 Å². The van der Waals surface area contributed by atoms with Crippen molar-refractivity contribution in [2.24, 2.45) is 0 Å². The average molecular weight is 184 g/mol. The van der Waals surface area contributed by atoms with Crippen molar-refractivity contribution in [2.45, 2.75) is 6.92 Å². The van der Waals surface area contributed by atoms with Gasteiger partial charge in [-0.1, -0.05) is 0 Å². The number of Topliss-reactive ketones (excluding diaryl/α,β-unsaturated/α-hetero) is 1. The van der Waals surface area contributed by atoms with Gasteiger partial charge in [-0.15, -0.1) is 0 Å². The van der Waals surface area contributed by atoms with Crippen LogP contribution >= 0.6 is 0 Å². The van der Waals surface area contributed by atoms with Gasteiger partial charge >= 0.3 is 54.1 Å². The molecule has 6 nitrogen and oxygen atoms in total. The number of hydrogen-bond acceptors (Lipinski definition) is 5. The first kappa shape index (κ1) is 18.1. The molecule has 0 amide bonds. The molecule has 0 spiro atoms.